The molecular formula is C25H26FN3O4S. The summed E-state index contributed by atoms with van der Waals surface area (Å²) in [5.74, 6) is -0.778. The van der Waals surface area contributed by atoms with E-state index in [-0.39, 0.29) is 34.2 Å². The Bertz CT molecular complexity index is 1230. The van der Waals surface area contributed by atoms with E-state index in [1.54, 1.807) is 12.1 Å². The van der Waals surface area contributed by atoms with Crippen molar-refractivity contribution in [2.24, 2.45) is 0 Å². The molecule has 2 heterocycles. The summed E-state index contributed by atoms with van der Waals surface area (Å²) in [4.78, 5) is 39.3. The lowest BCUT2D eigenvalue weighted by molar-refractivity contribution is -0.384. The van der Waals surface area contributed by atoms with E-state index in [1.807, 2.05) is 6.92 Å². The number of amides is 2. The third kappa shape index (κ3) is 4.32. The number of non-ortho nitro benzene ring substituents is 1. The van der Waals surface area contributed by atoms with E-state index in [9.17, 15) is 19.7 Å². The number of nitrogens with zero attached hydrogens (tertiary/aromatic N) is 3. The minimum atomic E-state index is -0.539. The fourth-order valence-corrected chi connectivity index (χ4v) is 5.79. The lowest BCUT2D eigenvalue weighted by Crippen LogP contribution is -2.48. The average Bonchev–Trinajstić information content (AvgIpc) is 3.02. The van der Waals surface area contributed by atoms with Gasteiger partial charge in [-0.1, -0.05) is 19.1 Å². The molecule has 34 heavy (non-hydrogen) atoms. The Balaban J connectivity index is 1.63. The van der Waals surface area contributed by atoms with Crippen LogP contribution in [0.5, 0.6) is 0 Å². The molecule has 1 unspecified atom stereocenters. The Morgan fingerprint density at radius 2 is 2.00 bits per heavy atom. The molecule has 178 valence electrons. The second kappa shape index (κ2) is 8.87. The highest BCUT2D eigenvalue weighted by Crippen LogP contribution is 2.44. The SMILES string of the molecule is CCN1c2cc(F)c(/C=C3/SC(=O)N(Cc4cccc([N+](=O)[O-])c4)C3=O)cc2C(C)CC1(C)C. The smallest absolute Gasteiger partial charge is 0.293 e. The van der Waals surface area contributed by atoms with E-state index in [2.05, 4.69) is 25.7 Å². The van der Waals surface area contributed by atoms with Gasteiger partial charge in [0.2, 0.25) is 0 Å². The summed E-state index contributed by atoms with van der Waals surface area (Å²) in [5, 5.41) is 10.5. The van der Waals surface area contributed by atoms with Gasteiger partial charge in [-0.25, -0.2) is 4.39 Å². The fourth-order valence-electron chi connectivity index (χ4n) is 4.96. The van der Waals surface area contributed by atoms with Crippen molar-refractivity contribution < 1.29 is 18.9 Å². The van der Waals surface area contributed by atoms with Gasteiger partial charge in [0.1, 0.15) is 5.82 Å². The van der Waals surface area contributed by atoms with Crippen LogP contribution in [0.1, 0.15) is 56.7 Å². The second-order valence-corrected chi connectivity index (χ2v) is 10.3. The molecule has 0 spiro atoms. The molecule has 4 rings (SSSR count). The van der Waals surface area contributed by atoms with Crippen molar-refractivity contribution in [2.75, 3.05) is 11.4 Å². The number of nitro benzene ring substituents is 1. The van der Waals surface area contributed by atoms with Crippen LogP contribution in [0.15, 0.2) is 41.3 Å². The number of halogens is 1. The van der Waals surface area contributed by atoms with Crippen molar-refractivity contribution in [3.8, 4) is 0 Å². The molecule has 1 fully saturated rings. The molecule has 9 heteroatoms. The van der Waals surface area contributed by atoms with Crippen LogP contribution in [0, 0.1) is 15.9 Å². The van der Waals surface area contributed by atoms with Crippen LogP contribution in [0.2, 0.25) is 0 Å². The van der Waals surface area contributed by atoms with Gasteiger partial charge in [0.15, 0.2) is 0 Å². The summed E-state index contributed by atoms with van der Waals surface area (Å²) in [6.45, 7) is 9.13. The van der Waals surface area contributed by atoms with Crippen LogP contribution in [0.3, 0.4) is 0 Å². The molecule has 2 aliphatic heterocycles. The first-order chi connectivity index (χ1) is 16.0. The van der Waals surface area contributed by atoms with Crippen LogP contribution in [-0.2, 0) is 11.3 Å². The third-order valence-electron chi connectivity index (χ3n) is 6.44. The first-order valence-corrected chi connectivity index (χ1v) is 11.9. The minimum Gasteiger partial charge on any atom is -0.366 e. The number of fused-ring (bicyclic) bond motifs is 1. The zero-order valence-electron chi connectivity index (χ0n) is 19.5. The number of carbonyl (C=O) groups excluding carboxylic acids is 2. The molecule has 7 nitrogen and oxygen atoms in total. The zero-order valence-corrected chi connectivity index (χ0v) is 20.3. The van der Waals surface area contributed by atoms with E-state index in [4.69, 9.17) is 0 Å². The van der Waals surface area contributed by atoms with Crippen LogP contribution in [0.25, 0.3) is 6.08 Å². The number of rotatable bonds is 5. The highest BCUT2D eigenvalue weighted by molar-refractivity contribution is 8.18. The number of imide groups is 1. The number of carbonyl (C=O) groups is 2. The van der Waals surface area contributed by atoms with Gasteiger partial charge in [-0.05, 0) is 74.2 Å². The molecule has 0 radical (unpaired) electrons. The number of nitro groups is 1. The Morgan fingerprint density at radius 1 is 1.26 bits per heavy atom. The quantitative estimate of drug-likeness (QED) is 0.291. The maximum Gasteiger partial charge on any atom is 0.293 e. The molecule has 0 aliphatic carbocycles. The minimum absolute atomic E-state index is 0.0894. The van der Waals surface area contributed by atoms with Crippen molar-refractivity contribution in [1.82, 2.24) is 4.90 Å². The Morgan fingerprint density at radius 3 is 2.68 bits per heavy atom. The van der Waals surface area contributed by atoms with Gasteiger partial charge in [0.05, 0.1) is 16.4 Å². The van der Waals surface area contributed by atoms with E-state index in [0.717, 1.165) is 40.9 Å². The monoisotopic (exact) mass is 483 g/mol. The average molecular weight is 484 g/mol. The number of thioether (sulfide) groups is 1. The predicted octanol–water partition coefficient (Wildman–Crippen LogP) is 6.08. The first-order valence-electron chi connectivity index (χ1n) is 11.1. The summed E-state index contributed by atoms with van der Waals surface area (Å²) < 4.78 is 15.2. The highest BCUT2D eigenvalue weighted by atomic mass is 32.2. The maximum absolute atomic E-state index is 15.2. The molecule has 1 saturated heterocycles. The molecule has 0 saturated carbocycles. The van der Waals surface area contributed by atoms with Crippen molar-refractivity contribution >= 4 is 40.4 Å². The summed E-state index contributed by atoms with van der Waals surface area (Å²) in [6, 6.07) is 9.10. The number of anilines is 1. The van der Waals surface area contributed by atoms with E-state index in [1.165, 1.54) is 30.3 Å². The van der Waals surface area contributed by atoms with Crippen molar-refractivity contribution in [3.05, 3.63) is 73.9 Å². The van der Waals surface area contributed by atoms with E-state index < -0.39 is 21.9 Å². The van der Waals surface area contributed by atoms with Gasteiger partial charge in [-0.2, -0.15) is 0 Å². The van der Waals surface area contributed by atoms with E-state index >= 15 is 4.39 Å². The Hall–Kier alpha value is -3.20. The van der Waals surface area contributed by atoms with Crippen LogP contribution in [0.4, 0.5) is 20.6 Å². The molecule has 1 atom stereocenters. The first kappa shape index (κ1) is 23.9. The van der Waals surface area contributed by atoms with Crippen LogP contribution < -0.4 is 4.90 Å². The fraction of sp³-hybridized carbons (Fsp3) is 0.360. The van der Waals surface area contributed by atoms with Gasteiger partial charge >= 0.3 is 0 Å². The van der Waals surface area contributed by atoms with E-state index in [0.29, 0.717) is 5.56 Å². The van der Waals surface area contributed by atoms with Crippen molar-refractivity contribution in [3.63, 3.8) is 0 Å². The largest absolute Gasteiger partial charge is 0.366 e. The summed E-state index contributed by atoms with van der Waals surface area (Å²) in [7, 11) is 0. The highest BCUT2D eigenvalue weighted by Gasteiger charge is 2.37. The lowest BCUT2D eigenvalue weighted by Gasteiger charge is -2.47. The van der Waals surface area contributed by atoms with Gasteiger partial charge in [-0.15, -0.1) is 0 Å². The standard InChI is InChI=1S/C25H26FN3O4S/c1-5-28-21-12-20(26)17(10-19(21)15(2)13-25(28,3)4)11-22-23(30)27(24(31)34-22)14-16-7-6-8-18(9-16)29(32)33/h6-12,15H,5,13-14H2,1-4H3/b22-11+. The number of hydrogen-bond donors (Lipinski definition) is 0. The second-order valence-electron chi connectivity index (χ2n) is 9.29. The Labute approximate surface area is 201 Å². The number of benzene rings is 2. The van der Waals surface area contributed by atoms with Gasteiger partial charge in [0.25, 0.3) is 16.8 Å². The van der Waals surface area contributed by atoms with Crippen LogP contribution >= 0.6 is 11.8 Å². The van der Waals surface area contributed by atoms with Crippen molar-refractivity contribution in [2.45, 2.75) is 52.1 Å². The lowest BCUT2D eigenvalue weighted by atomic mass is 9.79. The van der Waals surface area contributed by atoms with Gasteiger partial charge in [-0.3, -0.25) is 24.6 Å². The molecular weight excluding hydrogens is 457 g/mol. The molecule has 2 aromatic rings. The molecule has 0 aromatic heterocycles. The topological polar surface area (TPSA) is 83.8 Å². The molecule has 0 bridgehead atoms. The van der Waals surface area contributed by atoms with Gasteiger partial charge in [0, 0.05) is 35.5 Å². The van der Waals surface area contributed by atoms with Crippen LogP contribution in [-0.4, -0.2) is 33.1 Å². The van der Waals surface area contributed by atoms with Gasteiger partial charge < -0.3 is 4.90 Å². The number of hydrogen-bond acceptors (Lipinski definition) is 6. The summed E-state index contributed by atoms with van der Waals surface area (Å²) in [5.41, 5.74) is 2.40. The van der Waals surface area contributed by atoms with Crippen molar-refractivity contribution in [1.29, 1.82) is 0 Å². The predicted molar refractivity (Wildman–Crippen MR) is 131 cm³/mol. The zero-order chi connectivity index (χ0) is 24.8. The summed E-state index contributed by atoms with van der Waals surface area (Å²) >= 11 is 0.746. The maximum atomic E-state index is 15.2. The molecule has 2 amide bonds. The molecule has 0 N–H and O–H groups in total. The third-order valence-corrected chi connectivity index (χ3v) is 7.35. The summed E-state index contributed by atoms with van der Waals surface area (Å²) in [6.07, 6.45) is 2.34. The molecule has 2 aliphatic rings. The molecule has 2 aromatic carbocycles. The Kier molecular flexibility index (Phi) is 6.24. The normalized spacial score (nSPS) is 20.7.